The van der Waals surface area contributed by atoms with Gasteiger partial charge in [0.25, 0.3) is 0 Å². The predicted octanol–water partition coefficient (Wildman–Crippen LogP) is -3.00. The zero-order chi connectivity index (χ0) is 7.84. The first-order chi connectivity index (χ1) is 5.27. The number of aryl methyl sites for hydroxylation is 2. The molecule has 0 saturated heterocycles. The molecule has 0 radical (unpaired) electrons. The molecule has 2 rings (SSSR count). The van der Waals surface area contributed by atoms with Crippen molar-refractivity contribution in [2.45, 2.75) is 19.3 Å². The number of nitrogens with zero attached hydrogens (tertiary/aromatic N) is 1. The van der Waals surface area contributed by atoms with Gasteiger partial charge < -0.3 is 9.90 Å². The Morgan fingerprint density at radius 1 is 1.50 bits per heavy atom. The van der Waals surface area contributed by atoms with Gasteiger partial charge >= 0.3 is 29.6 Å². The van der Waals surface area contributed by atoms with Gasteiger partial charge in [0.15, 0.2) is 0 Å². The smallest absolute Gasteiger partial charge is 0.542 e. The second-order valence-electron chi connectivity index (χ2n) is 2.53. The van der Waals surface area contributed by atoms with Gasteiger partial charge in [-0.25, -0.2) is 4.98 Å². The number of carboxylic acids is 1. The first-order valence-electron chi connectivity index (χ1n) is 3.47. The third-order valence-electron chi connectivity index (χ3n) is 1.77. The van der Waals surface area contributed by atoms with E-state index in [9.17, 15) is 9.90 Å². The van der Waals surface area contributed by atoms with E-state index >= 15 is 0 Å². The fourth-order valence-corrected chi connectivity index (χ4v) is 2.26. The molecule has 12 heavy (non-hydrogen) atoms. The van der Waals surface area contributed by atoms with E-state index in [1.165, 1.54) is 11.3 Å². The van der Waals surface area contributed by atoms with Gasteiger partial charge in [-0.1, -0.05) is 0 Å². The van der Waals surface area contributed by atoms with Crippen LogP contribution >= 0.6 is 11.3 Å². The molecule has 5 heteroatoms. The van der Waals surface area contributed by atoms with Gasteiger partial charge in [-0.2, -0.15) is 0 Å². The number of rotatable bonds is 1. The van der Waals surface area contributed by atoms with Gasteiger partial charge in [0.1, 0.15) is 11.0 Å². The van der Waals surface area contributed by atoms with Gasteiger partial charge in [0, 0.05) is 4.88 Å². The average Bonchev–Trinajstić information content (AvgIpc) is 2.40. The van der Waals surface area contributed by atoms with E-state index in [4.69, 9.17) is 0 Å². The molecule has 1 aliphatic carbocycles. The monoisotopic (exact) mass is 191 g/mol. The maximum atomic E-state index is 10.3. The molecule has 1 heterocycles. The van der Waals surface area contributed by atoms with Gasteiger partial charge in [-0.15, -0.1) is 11.3 Å². The van der Waals surface area contributed by atoms with Crippen molar-refractivity contribution in [2.75, 3.05) is 0 Å². The zero-order valence-corrected chi connectivity index (χ0v) is 9.61. The number of carbonyl (C=O) groups is 1. The Kier molecular flexibility index (Phi) is 3.29. The summed E-state index contributed by atoms with van der Waals surface area (Å²) in [4.78, 5) is 15.4. The number of fused-ring (bicyclic) bond motifs is 1. The number of carbonyl (C=O) groups excluding carboxylic acids is 1. The topological polar surface area (TPSA) is 53.0 Å². The maximum absolute atomic E-state index is 10.3. The Balaban J connectivity index is 0.000000720. The Labute approximate surface area is 96.1 Å². The molecule has 3 nitrogen and oxygen atoms in total. The minimum Gasteiger partial charge on any atom is -0.542 e. The van der Waals surface area contributed by atoms with Crippen molar-refractivity contribution in [1.29, 1.82) is 0 Å². The number of aromatic nitrogens is 1. The summed E-state index contributed by atoms with van der Waals surface area (Å²) >= 11 is 1.26. The molecule has 0 atom stereocenters. The van der Waals surface area contributed by atoms with Crippen LogP contribution in [0.15, 0.2) is 0 Å². The minimum absolute atomic E-state index is 0. The summed E-state index contributed by atoms with van der Waals surface area (Å²) in [6, 6.07) is 0. The van der Waals surface area contributed by atoms with E-state index in [-0.39, 0.29) is 34.6 Å². The third-order valence-corrected chi connectivity index (χ3v) is 2.91. The molecule has 0 aliphatic heterocycles. The largest absolute Gasteiger partial charge is 1.00 e. The fourth-order valence-electron chi connectivity index (χ4n) is 1.28. The number of hydrogen-bond donors (Lipinski definition) is 0. The summed E-state index contributed by atoms with van der Waals surface area (Å²) in [5, 5.41) is 10.5. The number of aromatic carboxylic acids is 1. The molecule has 0 N–H and O–H groups in total. The van der Waals surface area contributed by atoms with E-state index in [0.29, 0.717) is 0 Å². The van der Waals surface area contributed by atoms with Crippen LogP contribution in [0.1, 0.15) is 26.8 Å². The molecule has 0 bridgehead atoms. The summed E-state index contributed by atoms with van der Waals surface area (Å²) in [6.45, 7) is 0. The molecule has 1 aromatic rings. The Morgan fingerprint density at radius 2 is 2.25 bits per heavy atom. The second kappa shape index (κ2) is 3.87. The SMILES string of the molecule is O=C([O-])c1nc2c(s1)CCC2.[Na+]. The molecule has 58 valence electrons. The van der Waals surface area contributed by atoms with Crippen molar-refractivity contribution < 1.29 is 39.5 Å². The molecule has 0 fully saturated rings. The summed E-state index contributed by atoms with van der Waals surface area (Å²) < 4.78 is 0. The van der Waals surface area contributed by atoms with Gasteiger partial charge in [0.2, 0.25) is 0 Å². The van der Waals surface area contributed by atoms with Crippen molar-refractivity contribution in [3.8, 4) is 0 Å². The van der Waals surface area contributed by atoms with Crippen LogP contribution in [0.4, 0.5) is 0 Å². The normalized spacial score (nSPS) is 13.7. The van der Waals surface area contributed by atoms with Crippen LogP contribution in [0.25, 0.3) is 0 Å². The van der Waals surface area contributed by atoms with Crippen LogP contribution in [0.5, 0.6) is 0 Å². The third kappa shape index (κ3) is 1.71. The Bertz CT molecular complexity index is 289. The van der Waals surface area contributed by atoms with Gasteiger partial charge in [0.05, 0.1) is 5.69 Å². The Morgan fingerprint density at radius 3 is 2.83 bits per heavy atom. The molecule has 0 aromatic carbocycles. The summed E-state index contributed by atoms with van der Waals surface area (Å²) in [5.41, 5.74) is 0.967. The van der Waals surface area contributed by atoms with Gasteiger partial charge in [-0.05, 0) is 19.3 Å². The number of carboxylic acid groups (broad SMARTS) is 1. The van der Waals surface area contributed by atoms with Crippen molar-refractivity contribution >= 4 is 17.3 Å². The van der Waals surface area contributed by atoms with Crippen LogP contribution in [-0.4, -0.2) is 11.0 Å². The molecule has 1 aliphatic rings. The predicted molar refractivity (Wildman–Crippen MR) is 38.5 cm³/mol. The summed E-state index contributed by atoms with van der Waals surface area (Å²) in [5.74, 6) is -1.15. The molecule has 0 saturated carbocycles. The maximum Gasteiger partial charge on any atom is 1.00 e. The first kappa shape index (κ1) is 10.2. The molecular formula is C7H6NNaO2S. The van der Waals surface area contributed by atoms with Crippen LogP contribution < -0.4 is 34.7 Å². The van der Waals surface area contributed by atoms with Gasteiger partial charge in [-0.3, -0.25) is 0 Å². The van der Waals surface area contributed by atoms with E-state index in [0.717, 1.165) is 29.8 Å². The summed E-state index contributed by atoms with van der Waals surface area (Å²) in [7, 11) is 0. The molecule has 1 aromatic heterocycles. The number of thiazole rings is 1. The van der Waals surface area contributed by atoms with Crippen LogP contribution in [-0.2, 0) is 12.8 Å². The second-order valence-corrected chi connectivity index (χ2v) is 3.61. The van der Waals surface area contributed by atoms with Crippen LogP contribution in [0.2, 0.25) is 0 Å². The molecule has 0 amide bonds. The van der Waals surface area contributed by atoms with Crippen molar-refractivity contribution in [1.82, 2.24) is 4.98 Å². The Hall–Kier alpha value is 0.1000. The van der Waals surface area contributed by atoms with Crippen molar-refractivity contribution in [2.24, 2.45) is 0 Å². The molecule has 0 spiro atoms. The molecule has 0 unspecified atom stereocenters. The first-order valence-corrected chi connectivity index (χ1v) is 4.29. The minimum atomic E-state index is -1.15. The van der Waals surface area contributed by atoms with Crippen molar-refractivity contribution in [3.63, 3.8) is 0 Å². The van der Waals surface area contributed by atoms with E-state index in [1.54, 1.807) is 0 Å². The molecular weight excluding hydrogens is 185 g/mol. The van der Waals surface area contributed by atoms with Crippen LogP contribution in [0.3, 0.4) is 0 Å². The number of hydrogen-bond acceptors (Lipinski definition) is 4. The van der Waals surface area contributed by atoms with Crippen LogP contribution in [0, 0.1) is 0 Å². The van der Waals surface area contributed by atoms with Crippen molar-refractivity contribution in [3.05, 3.63) is 15.6 Å². The fraction of sp³-hybridized carbons (Fsp3) is 0.429. The van der Waals surface area contributed by atoms with E-state index < -0.39 is 5.97 Å². The summed E-state index contributed by atoms with van der Waals surface area (Å²) in [6.07, 6.45) is 3.03. The zero-order valence-electron chi connectivity index (χ0n) is 6.79. The average molecular weight is 191 g/mol. The quantitative estimate of drug-likeness (QED) is 0.444. The standard InChI is InChI=1S/C7H7NO2S.Na/c9-7(10)6-8-4-2-1-3-5(4)11-6;/h1-3H2,(H,9,10);/q;+1/p-1. The van der Waals surface area contributed by atoms with E-state index in [2.05, 4.69) is 4.98 Å². The van der Waals surface area contributed by atoms with E-state index in [1.807, 2.05) is 0 Å².